The van der Waals surface area contributed by atoms with E-state index in [-0.39, 0.29) is 0 Å². The highest BCUT2D eigenvalue weighted by atomic mass is 28.3. The van der Waals surface area contributed by atoms with Gasteiger partial charge in [0.1, 0.15) is 12.4 Å². The molecule has 0 aromatic carbocycles. The van der Waals surface area contributed by atoms with E-state index in [0.29, 0.717) is 12.8 Å². The minimum absolute atomic E-state index is 0.301. The average molecular weight is 401 g/mol. The maximum atomic E-state index is 5.91. The Morgan fingerprint density at radius 2 is 2.00 bits per heavy atom. The van der Waals surface area contributed by atoms with Gasteiger partial charge in [0.15, 0.2) is 0 Å². The minimum Gasteiger partial charge on any atom is -0.385 e. The van der Waals surface area contributed by atoms with E-state index < -0.39 is 8.07 Å². The van der Waals surface area contributed by atoms with Crippen LogP contribution in [0.3, 0.4) is 0 Å². The summed E-state index contributed by atoms with van der Waals surface area (Å²) in [5.74, 6) is 0. The van der Waals surface area contributed by atoms with Gasteiger partial charge in [-0.2, -0.15) is 5.10 Å². The summed E-state index contributed by atoms with van der Waals surface area (Å²) in [5.41, 5.74) is 3.20. The summed E-state index contributed by atoms with van der Waals surface area (Å²) in [6, 6.07) is 5.64. The van der Waals surface area contributed by atoms with Crippen molar-refractivity contribution in [2.45, 2.75) is 51.8 Å². The van der Waals surface area contributed by atoms with Crippen LogP contribution < -0.4 is 0 Å². The SMILES string of the molecule is COCCC(C)n1cc(-c2ccnc3c2ccn3COCC[Si](C)(C)C)cn1. The Labute approximate surface area is 168 Å². The van der Waals surface area contributed by atoms with Gasteiger partial charge in [0, 0.05) is 57.9 Å². The van der Waals surface area contributed by atoms with E-state index in [0.717, 1.165) is 41.8 Å². The average Bonchev–Trinajstić information content (AvgIpc) is 3.30. The van der Waals surface area contributed by atoms with Crippen LogP contribution in [0.4, 0.5) is 0 Å². The maximum Gasteiger partial charge on any atom is 0.142 e. The van der Waals surface area contributed by atoms with Crippen LogP contribution in [-0.2, 0) is 16.2 Å². The van der Waals surface area contributed by atoms with Crippen LogP contribution >= 0.6 is 0 Å². The number of methoxy groups -OCH3 is 1. The van der Waals surface area contributed by atoms with Crippen LogP contribution in [0.1, 0.15) is 19.4 Å². The molecule has 28 heavy (non-hydrogen) atoms. The monoisotopic (exact) mass is 400 g/mol. The first-order valence-corrected chi connectivity index (χ1v) is 13.6. The van der Waals surface area contributed by atoms with E-state index in [9.17, 15) is 0 Å². The number of fused-ring (bicyclic) bond motifs is 1. The number of hydrogen-bond acceptors (Lipinski definition) is 4. The van der Waals surface area contributed by atoms with Gasteiger partial charge >= 0.3 is 0 Å². The van der Waals surface area contributed by atoms with Crippen LogP contribution in [0.5, 0.6) is 0 Å². The molecule has 1 unspecified atom stereocenters. The molecule has 6 nitrogen and oxygen atoms in total. The molecule has 0 amide bonds. The van der Waals surface area contributed by atoms with E-state index in [1.54, 1.807) is 7.11 Å². The van der Waals surface area contributed by atoms with Crippen molar-refractivity contribution in [3.8, 4) is 11.1 Å². The summed E-state index contributed by atoms with van der Waals surface area (Å²) in [4.78, 5) is 4.59. The number of hydrogen-bond donors (Lipinski definition) is 0. The van der Waals surface area contributed by atoms with Crippen molar-refractivity contribution in [2.75, 3.05) is 20.3 Å². The van der Waals surface area contributed by atoms with Crippen LogP contribution in [0.2, 0.25) is 25.7 Å². The smallest absolute Gasteiger partial charge is 0.142 e. The van der Waals surface area contributed by atoms with Crippen molar-refractivity contribution in [3.63, 3.8) is 0 Å². The van der Waals surface area contributed by atoms with Gasteiger partial charge in [-0.05, 0) is 37.1 Å². The van der Waals surface area contributed by atoms with E-state index in [1.807, 2.05) is 17.1 Å². The van der Waals surface area contributed by atoms with E-state index in [2.05, 4.69) is 65.7 Å². The molecule has 0 fully saturated rings. The van der Waals surface area contributed by atoms with Crippen molar-refractivity contribution in [1.29, 1.82) is 0 Å². The molecular weight excluding hydrogens is 368 g/mol. The predicted molar refractivity (Wildman–Crippen MR) is 116 cm³/mol. The van der Waals surface area contributed by atoms with Crippen molar-refractivity contribution in [3.05, 3.63) is 36.9 Å². The lowest BCUT2D eigenvalue weighted by Crippen LogP contribution is -2.22. The summed E-state index contributed by atoms with van der Waals surface area (Å²) < 4.78 is 15.2. The van der Waals surface area contributed by atoms with Gasteiger partial charge < -0.3 is 14.0 Å². The van der Waals surface area contributed by atoms with Gasteiger partial charge in [0.2, 0.25) is 0 Å². The minimum atomic E-state index is -1.07. The standard InChI is InChI=1S/C21H32N4O2Si/c1-17(8-11-26-2)25-15-18(14-23-25)19-6-9-22-21-20(19)7-10-24(21)16-27-12-13-28(3,4)5/h6-7,9-10,14-15,17H,8,11-13,16H2,1-5H3. The lowest BCUT2D eigenvalue weighted by molar-refractivity contribution is 0.0899. The fourth-order valence-electron chi connectivity index (χ4n) is 3.13. The molecule has 152 valence electrons. The Morgan fingerprint density at radius 3 is 2.75 bits per heavy atom. The molecule has 0 saturated carbocycles. The zero-order valence-electron chi connectivity index (χ0n) is 17.7. The summed E-state index contributed by atoms with van der Waals surface area (Å²) >= 11 is 0. The maximum absolute atomic E-state index is 5.91. The van der Waals surface area contributed by atoms with Crippen LogP contribution in [0.25, 0.3) is 22.2 Å². The molecular formula is C21H32N4O2Si. The van der Waals surface area contributed by atoms with Crippen LogP contribution in [0, 0.1) is 0 Å². The van der Waals surface area contributed by atoms with Crippen LogP contribution in [-0.4, -0.2) is 47.7 Å². The van der Waals surface area contributed by atoms with Gasteiger partial charge in [-0.1, -0.05) is 19.6 Å². The highest BCUT2D eigenvalue weighted by Crippen LogP contribution is 2.28. The third kappa shape index (κ3) is 5.10. The number of pyridine rings is 1. The highest BCUT2D eigenvalue weighted by Gasteiger charge is 2.14. The summed E-state index contributed by atoms with van der Waals surface area (Å²) in [5, 5.41) is 5.68. The van der Waals surface area contributed by atoms with E-state index >= 15 is 0 Å². The topological polar surface area (TPSA) is 54.1 Å². The second-order valence-electron chi connectivity index (χ2n) is 8.57. The van der Waals surface area contributed by atoms with E-state index in [1.165, 1.54) is 6.04 Å². The number of aromatic nitrogens is 4. The summed E-state index contributed by atoms with van der Waals surface area (Å²) in [6.45, 7) is 11.3. The van der Waals surface area contributed by atoms with Gasteiger partial charge in [0.25, 0.3) is 0 Å². The lowest BCUT2D eigenvalue weighted by Gasteiger charge is -2.15. The third-order valence-corrected chi connectivity index (χ3v) is 6.70. The number of nitrogens with zero attached hydrogens (tertiary/aromatic N) is 4. The fraction of sp³-hybridized carbons (Fsp3) is 0.524. The first kappa shape index (κ1) is 20.8. The quantitative estimate of drug-likeness (QED) is 0.362. The second kappa shape index (κ2) is 9.02. The molecule has 3 rings (SSSR count). The molecule has 0 aliphatic heterocycles. The van der Waals surface area contributed by atoms with E-state index in [4.69, 9.17) is 9.47 Å². The first-order chi connectivity index (χ1) is 13.4. The molecule has 0 aliphatic carbocycles. The van der Waals surface area contributed by atoms with Gasteiger partial charge in [0.05, 0.1) is 12.2 Å². The Morgan fingerprint density at radius 1 is 1.18 bits per heavy atom. The van der Waals surface area contributed by atoms with Gasteiger partial charge in [-0.25, -0.2) is 4.98 Å². The number of ether oxygens (including phenoxy) is 2. The summed E-state index contributed by atoms with van der Waals surface area (Å²) in [7, 11) is 0.662. The summed E-state index contributed by atoms with van der Waals surface area (Å²) in [6.07, 6.45) is 8.90. The normalized spacial score (nSPS) is 13.3. The molecule has 0 saturated heterocycles. The molecule has 1 atom stereocenters. The van der Waals surface area contributed by atoms with Crippen LogP contribution in [0.15, 0.2) is 36.9 Å². The first-order valence-electron chi connectivity index (χ1n) is 9.94. The van der Waals surface area contributed by atoms with Gasteiger partial charge in [-0.15, -0.1) is 0 Å². The largest absolute Gasteiger partial charge is 0.385 e. The molecule has 3 aromatic heterocycles. The molecule has 0 N–H and O–H groups in total. The lowest BCUT2D eigenvalue weighted by atomic mass is 10.1. The van der Waals surface area contributed by atoms with Crippen molar-refractivity contribution >= 4 is 19.1 Å². The molecule has 3 heterocycles. The molecule has 0 bridgehead atoms. The second-order valence-corrected chi connectivity index (χ2v) is 14.2. The van der Waals surface area contributed by atoms with Crippen molar-refractivity contribution < 1.29 is 9.47 Å². The molecule has 0 spiro atoms. The fourth-order valence-corrected chi connectivity index (χ4v) is 3.88. The van der Waals surface area contributed by atoms with Gasteiger partial charge in [-0.3, -0.25) is 4.68 Å². The Kier molecular flexibility index (Phi) is 6.69. The molecule has 0 radical (unpaired) electrons. The highest BCUT2D eigenvalue weighted by molar-refractivity contribution is 6.76. The molecule has 3 aromatic rings. The Hall–Kier alpha value is -1.96. The third-order valence-electron chi connectivity index (χ3n) is 4.99. The predicted octanol–water partition coefficient (Wildman–Crippen LogP) is 4.81. The van der Waals surface area contributed by atoms with Crippen molar-refractivity contribution in [2.24, 2.45) is 0 Å². The van der Waals surface area contributed by atoms with Crippen molar-refractivity contribution in [1.82, 2.24) is 19.3 Å². The Bertz CT molecular complexity index is 897. The zero-order valence-corrected chi connectivity index (χ0v) is 18.7. The zero-order chi connectivity index (χ0) is 20.1. The molecule has 0 aliphatic rings. The number of rotatable bonds is 10. The molecule has 7 heteroatoms. The Balaban J connectivity index is 1.75.